The minimum Gasteiger partial charge on any atom is -0.353 e. The van der Waals surface area contributed by atoms with Crippen LogP contribution in [0.25, 0.3) is 11.0 Å². The molecule has 1 aromatic carbocycles. The van der Waals surface area contributed by atoms with Gasteiger partial charge in [-0.05, 0) is 35.9 Å². The number of nitrogens with zero attached hydrogens (tertiary/aromatic N) is 3. The molecule has 2 N–H and O–H groups in total. The molecular weight excluding hydrogens is 434 g/mol. The third-order valence-corrected chi connectivity index (χ3v) is 5.40. The topological polar surface area (TPSA) is 113 Å². The van der Waals surface area contributed by atoms with E-state index in [9.17, 15) is 19.2 Å². The highest BCUT2D eigenvalue weighted by atomic mass is 35.5. The maximum Gasteiger partial charge on any atom is 0.265 e. The van der Waals surface area contributed by atoms with Crippen LogP contribution < -0.4 is 16.2 Å². The molecule has 0 radical (unpaired) electrons. The first-order valence-electron chi connectivity index (χ1n) is 9.98. The minimum atomic E-state index is -0.625. The molecule has 1 fully saturated rings. The fraction of sp³-hybridized carbons (Fsp3) is 0.227. The van der Waals surface area contributed by atoms with E-state index in [4.69, 9.17) is 11.6 Å². The molecule has 0 bridgehead atoms. The van der Waals surface area contributed by atoms with Crippen molar-refractivity contribution in [1.82, 2.24) is 25.1 Å². The molecule has 3 amide bonds. The van der Waals surface area contributed by atoms with Gasteiger partial charge in [0.2, 0.25) is 11.8 Å². The van der Waals surface area contributed by atoms with E-state index in [0.717, 1.165) is 5.56 Å². The van der Waals surface area contributed by atoms with Gasteiger partial charge in [0.25, 0.3) is 11.5 Å². The van der Waals surface area contributed by atoms with Crippen molar-refractivity contribution in [2.24, 2.45) is 0 Å². The SMILES string of the molecule is O=C1CN(C(=O)Cn2c(=O)c(C(=O)NCc3ccc(Cl)cc3)cc3cccnc32)CCN1. The summed E-state index contributed by atoms with van der Waals surface area (Å²) in [6, 6.07) is 11.8. The second-order valence-corrected chi connectivity index (χ2v) is 7.78. The quantitative estimate of drug-likeness (QED) is 0.597. The summed E-state index contributed by atoms with van der Waals surface area (Å²) in [6.45, 7) is 0.526. The molecule has 10 heteroatoms. The van der Waals surface area contributed by atoms with Gasteiger partial charge >= 0.3 is 0 Å². The van der Waals surface area contributed by atoms with Crippen LogP contribution in [-0.4, -0.2) is 51.8 Å². The van der Waals surface area contributed by atoms with E-state index in [1.165, 1.54) is 21.7 Å². The van der Waals surface area contributed by atoms with Gasteiger partial charge in [-0.25, -0.2) is 4.98 Å². The number of nitrogens with one attached hydrogen (secondary N) is 2. The Hall–Kier alpha value is -3.72. The lowest BCUT2D eigenvalue weighted by molar-refractivity contribution is -0.138. The van der Waals surface area contributed by atoms with Crippen LogP contribution in [0.5, 0.6) is 0 Å². The molecule has 1 aliphatic heterocycles. The Morgan fingerprint density at radius 2 is 1.94 bits per heavy atom. The highest BCUT2D eigenvalue weighted by molar-refractivity contribution is 6.30. The van der Waals surface area contributed by atoms with Crippen LogP contribution in [-0.2, 0) is 22.7 Å². The number of carbonyl (C=O) groups excluding carboxylic acids is 3. The fourth-order valence-electron chi connectivity index (χ4n) is 3.48. The number of piperazine rings is 1. The van der Waals surface area contributed by atoms with Gasteiger partial charge in [0.05, 0.1) is 6.54 Å². The average Bonchev–Trinajstić information content (AvgIpc) is 2.80. The first-order valence-corrected chi connectivity index (χ1v) is 10.4. The zero-order chi connectivity index (χ0) is 22.7. The van der Waals surface area contributed by atoms with Crippen molar-refractivity contribution in [3.63, 3.8) is 0 Å². The first kappa shape index (κ1) is 21.5. The van der Waals surface area contributed by atoms with Gasteiger partial charge in [-0.1, -0.05) is 23.7 Å². The Kier molecular flexibility index (Phi) is 6.18. The number of carbonyl (C=O) groups is 3. The Labute approximate surface area is 188 Å². The number of benzene rings is 1. The molecule has 0 spiro atoms. The van der Waals surface area contributed by atoms with Gasteiger partial charge in [-0.2, -0.15) is 0 Å². The van der Waals surface area contributed by atoms with Gasteiger partial charge in [0, 0.05) is 36.2 Å². The van der Waals surface area contributed by atoms with Crippen LogP contribution in [0.15, 0.2) is 53.5 Å². The van der Waals surface area contributed by atoms with Crippen molar-refractivity contribution in [3.05, 3.63) is 75.2 Å². The lowest BCUT2D eigenvalue weighted by atomic mass is 10.1. The van der Waals surface area contributed by atoms with Crippen LogP contribution in [0.4, 0.5) is 0 Å². The second-order valence-electron chi connectivity index (χ2n) is 7.34. The smallest absolute Gasteiger partial charge is 0.265 e. The molecule has 0 unspecified atom stereocenters. The number of pyridine rings is 2. The van der Waals surface area contributed by atoms with Crippen LogP contribution in [0.3, 0.4) is 0 Å². The molecule has 1 aliphatic rings. The molecule has 0 atom stereocenters. The van der Waals surface area contributed by atoms with E-state index in [0.29, 0.717) is 29.1 Å². The molecule has 2 aromatic heterocycles. The summed E-state index contributed by atoms with van der Waals surface area (Å²) in [5, 5.41) is 6.51. The predicted molar refractivity (Wildman–Crippen MR) is 118 cm³/mol. The van der Waals surface area contributed by atoms with Crippen molar-refractivity contribution in [2.45, 2.75) is 13.1 Å². The second kappa shape index (κ2) is 9.19. The third kappa shape index (κ3) is 4.62. The van der Waals surface area contributed by atoms with E-state index >= 15 is 0 Å². The first-order chi connectivity index (χ1) is 15.4. The summed E-state index contributed by atoms with van der Waals surface area (Å²) in [4.78, 5) is 56.0. The number of hydrogen-bond acceptors (Lipinski definition) is 5. The molecule has 32 heavy (non-hydrogen) atoms. The van der Waals surface area contributed by atoms with Crippen LogP contribution >= 0.6 is 11.6 Å². The molecule has 3 heterocycles. The summed E-state index contributed by atoms with van der Waals surface area (Å²) in [6.07, 6.45) is 1.51. The molecule has 4 rings (SSSR count). The Balaban J connectivity index is 1.62. The lowest BCUT2D eigenvalue weighted by Gasteiger charge is -2.27. The normalized spacial score (nSPS) is 13.7. The number of aromatic nitrogens is 2. The third-order valence-electron chi connectivity index (χ3n) is 5.14. The van der Waals surface area contributed by atoms with Gasteiger partial charge < -0.3 is 15.5 Å². The van der Waals surface area contributed by atoms with Gasteiger partial charge in [0.1, 0.15) is 17.8 Å². The maximum absolute atomic E-state index is 13.2. The van der Waals surface area contributed by atoms with E-state index in [1.807, 2.05) is 0 Å². The van der Waals surface area contributed by atoms with Gasteiger partial charge in [-0.3, -0.25) is 23.7 Å². The van der Waals surface area contributed by atoms with Crippen LogP contribution in [0.1, 0.15) is 15.9 Å². The summed E-state index contributed by atoms with van der Waals surface area (Å²) in [5.41, 5.74) is 0.397. The maximum atomic E-state index is 13.2. The van der Waals surface area contributed by atoms with E-state index in [2.05, 4.69) is 15.6 Å². The summed E-state index contributed by atoms with van der Waals surface area (Å²) in [5.74, 6) is -1.21. The van der Waals surface area contributed by atoms with Gasteiger partial charge in [0.15, 0.2) is 0 Å². The number of halogens is 1. The zero-order valence-corrected chi connectivity index (χ0v) is 17.8. The molecule has 164 valence electrons. The number of hydrogen-bond donors (Lipinski definition) is 2. The predicted octanol–water partition coefficient (Wildman–Crippen LogP) is 0.938. The fourth-order valence-corrected chi connectivity index (χ4v) is 3.61. The van der Waals surface area contributed by atoms with E-state index < -0.39 is 17.4 Å². The summed E-state index contributed by atoms with van der Waals surface area (Å²) >= 11 is 5.88. The molecule has 1 saturated heterocycles. The standard InChI is InChI=1S/C22H20ClN5O4/c23-16-5-3-14(4-6-16)11-26-21(31)17-10-15-2-1-7-25-20(15)28(22(17)32)13-19(30)27-9-8-24-18(29)12-27/h1-7,10H,8-9,11-13H2,(H,24,29)(H,26,31). The zero-order valence-electron chi connectivity index (χ0n) is 17.0. The Morgan fingerprint density at radius 3 is 2.69 bits per heavy atom. The van der Waals surface area contributed by atoms with Gasteiger partial charge in [-0.15, -0.1) is 0 Å². The summed E-state index contributed by atoms with van der Waals surface area (Å²) < 4.78 is 1.18. The number of fused-ring (bicyclic) bond motifs is 1. The number of rotatable bonds is 5. The van der Waals surface area contributed by atoms with Crippen LogP contribution in [0, 0.1) is 0 Å². The van der Waals surface area contributed by atoms with Crippen molar-refractivity contribution >= 4 is 40.4 Å². The highest BCUT2D eigenvalue weighted by Crippen LogP contribution is 2.13. The van der Waals surface area contributed by atoms with Crippen molar-refractivity contribution in [1.29, 1.82) is 0 Å². The molecular formula is C22H20ClN5O4. The summed E-state index contributed by atoms with van der Waals surface area (Å²) in [7, 11) is 0. The molecule has 0 saturated carbocycles. The van der Waals surface area contributed by atoms with Crippen molar-refractivity contribution in [2.75, 3.05) is 19.6 Å². The van der Waals surface area contributed by atoms with E-state index in [-0.39, 0.29) is 31.1 Å². The molecule has 0 aliphatic carbocycles. The van der Waals surface area contributed by atoms with E-state index in [1.54, 1.807) is 36.4 Å². The van der Waals surface area contributed by atoms with Crippen LogP contribution in [0.2, 0.25) is 5.02 Å². The molecule has 3 aromatic rings. The molecule has 9 nitrogen and oxygen atoms in total. The van der Waals surface area contributed by atoms with Crippen molar-refractivity contribution in [3.8, 4) is 0 Å². The highest BCUT2D eigenvalue weighted by Gasteiger charge is 2.24. The minimum absolute atomic E-state index is 0.0692. The monoisotopic (exact) mass is 453 g/mol. The Morgan fingerprint density at radius 1 is 1.16 bits per heavy atom. The van der Waals surface area contributed by atoms with Crippen molar-refractivity contribution < 1.29 is 14.4 Å². The average molecular weight is 454 g/mol. The number of amides is 3. The Bertz CT molecular complexity index is 1260. The largest absolute Gasteiger partial charge is 0.353 e. The lowest BCUT2D eigenvalue weighted by Crippen LogP contribution is -2.51.